The zero-order valence-corrected chi connectivity index (χ0v) is 12.6. The Morgan fingerprint density at radius 2 is 1.67 bits per heavy atom. The van der Waals surface area contributed by atoms with E-state index in [-0.39, 0.29) is 23.8 Å². The molecule has 2 aliphatic rings. The summed E-state index contributed by atoms with van der Waals surface area (Å²) in [6, 6.07) is 7.50. The minimum atomic E-state index is -0.395. The van der Waals surface area contributed by atoms with Crippen molar-refractivity contribution in [2.45, 2.75) is 45.2 Å². The van der Waals surface area contributed by atoms with Crippen LogP contribution in [-0.2, 0) is 22.4 Å². The predicted molar refractivity (Wildman–Crippen MR) is 80.7 cm³/mol. The molecule has 2 unspecified atom stereocenters. The number of hydrogen-bond acceptors (Lipinski definition) is 2. The highest BCUT2D eigenvalue weighted by Crippen LogP contribution is 2.29. The average Bonchev–Trinajstić information content (AvgIpc) is 2.85. The Kier molecular flexibility index (Phi) is 3.70. The summed E-state index contributed by atoms with van der Waals surface area (Å²) in [6.45, 7) is 4.11. The molecule has 2 amide bonds. The van der Waals surface area contributed by atoms with E-state index >= 15 is 0 Å². The molecule has 3 rings (SSSR count). The highest BCUT2D eigenvalue weighted by atomic mass is 16.2. The van der Waals surface area contributed by atoms with Gasteiger partial charge in [-0.05, 0) is 42.2 Å². The van der Waals surface area contributed by atoms with Crippen molar-refractivity contribution >= 4 is 11.8 Å². The predicted octanol–water partition coefficient (Wildman–Crippen LogP) is 1.43. The van der Waals surface area contributed by atoms with Crippen molar-refractivity contribution in [2.24, 2.45) is 11.8 Å². The van der Waals surface area contributed by atoms with E-state index in [2.05, 4.69) is 36.6 Å². The van der Waals surface area contributed by atoms with Crippen LogP contribution in [0.2, 0.25) is 0 Å². The Morgan fingerprint density at radius 3 is 2.24 bits per heavy atom. The lowest BCUT2D eigenvalue weighted by Crippen LogP contribution is -2.64. The van der Waals surface area contributed by atoms with Gasteiger partial charge in [0.1, 0.15) is 12.1 Å². The fourth-order valence-corrected chi connectivity index (χ4v) is 3.44. The van der Waals surface area contributed by atoms with Crippen molar-refractivity contribution in [3.05, 3.63) is 35.4 Å². The summed E-state index contributed by atoms with van der Waals surface area (Å²) < 4.78 is 0. The van der Waals surface area contributed by atoms with Gasteiger partial charge in [0.25, 0.3) is 0 Å². The molecule has 0 bridgehead atoms. The van der Waals surface area contributed by atoms with Crippen LogP contribution in [0, 0.1) is 11.8 Å². The van der Waals surface area contributed by atoms with Gasteiger partial charge in [-0.15, -0.1) is 0 Å². The molecule has 1 aliphatic carbocycles. The summed E-state index contributed by atoms with van der Waals surface area (Å²) in [6.07, 6.45) is 2.42. The van der Waals surface area contributed by atoms with Crippen LogP contribution in [0.1, 0.15) is 31.4 Å². The third kappa shape index (κ3) is 2.80. The third-order valence-electron chi connectivity index (χ3n) is 4.47. The van der Waals surface area contributed by atoms with Crippen LogP contribution < -0.4 is 10.6 Å². The van der Waals surface area contributed by atoms with Crippen molar-refractivity contribution < 1.29 is 9.59 Å². The van der Waals surface area contributed by atoms with Gasteiger partial charge in [0.15, 0.2) is 0 Å². The molecule has 112 valence electrons. The number of rotatable bonds is 3. The van der Waals surface area contributed by atoms with Gasteiger partial charge in [0.05, 0.1) is 0 Å². The number of carbonyl (C=O) groups excluding carboxylic acids is 2. The van der Waals surface area contributed by atoms with Crippen LogP contribution in [0.25, 0.3) is 0 Å². The van der Waals surface area contributed by atoms with E-state index in [1.807, 2.05) is 12.1 Å². The van der Waals surface area contributed by atoms with Gasteiger partial charge in [-0.3, -0.25) is 9.59 Å². The minimum absolute atomic E-state index is 0.0296. The van der Waals surface area contributed by atoms with Crippen molar-refractivity contribution in [1.29, 1.82) is 0 Å². The van der Waals surface area contributed by atoms with Crippen LogP contribution in [0.5, 0.6) is 0 Å². The molecule has 2 atom stereocenters. The summed E-state index contributed by atoms with van der Waals surface area (Å²) >= 11 is 0. The number of amides is 2. The molecular weight excluding hydrogens is 264 g/mol. The zero-order chi connectivity index (χ0) is 15.0. The van der Waals surface area contributed by atoms with Gasteiger partial charge in [0.2, 0.25) is 11.8 Å². The lowest BCUT2D eigenvalue weighted by molar-refractivity contribution is -0.138. The van der Waals surface area contributed by atoms with E-state index in [1.165, 1.54) is 11.1 Å². The quantitative estimate of drug-likeness (QED) is 0.883. The first-order valence-electron chi connectivity index (χ1n) is 7.72. The largest absolute Gasteiger partial charge is 0.343 e. The Balaban J connectivity index is 1.69. The van der Waals surface area contributed by atoms with Crippen LogP contribution >= 0.6 is 0 Å². The Morgan fingerprint density at radius 1 is 1.05 bits per heavy atom. The van der Waals surface area contributed by atoms with Crippen LogP contribution in [0.4, 0.5) is 0 Å². The number of fused-ring (bicyclic) bond motifs is 1. The van der Waals surface area contributed by atoms with Gasteiger partial charge in [-0.1, -0.05) is 38.1 Å². The minimum Gasteiger partial charge on any atom is -0.343 e. The number of carbonyl (C=O) groups is 2. The van der Waals surface area contributed by atoms with Crippen LogP contribution in [-0.4, -0.2) is 23.9 Å². The second kappa shape index (κ2) is 5.51. The van der Waals surface area contributed by atoms with Gasteiger partial charge in [-0.2, -0.15) is 0 Å². The molecule has 2 N–H and O–H groups in total. The van der Waals surface area contributed by atoms with Crippen molar-refractivity contribution in [2.75, 3.05) is 0 Å². The first-order chi connectivity index (χ1) is 10.0. The molecule has 0 saturated carbocycles. The standard InChI is InChI=1S/C17H22N2O2/c1-10(2)7-14-16(20)19-15(17(21)18-14)13-8-11-5-3-4-6-12(11)9-13/h3-6,10,13-15H,7-9H2,1-2H3,(H,18,21)(H,19,20). The average molecular weight is 286 g/mol. The molecule has 4 nitrogen and oxygen atoms in total. The lowest BCUT2D eigenvalue weighted by Gasteiger charge is -2.33. The van der Waals surface area contributed by atoms with Crippen molar-refractivity contribution in [3.63, 3.8) is 0 Å². The fourth-order valence-electron chi connectivity index (χ4n) is 3.44. The number of hydrogen-bond donors (Lipinski definition) is 2. The van der Waals surface area contributed by atoms with E-state index in [0.717, 1.165) is 12.8 Å². The number of piperazine rings is 1. The molecule has 1 aliphatic heterocycles. The van der Waals surface area contributed by atoms with E-state index in [9.17, 15) is 9.59 Å². The van der Waals surface area contributed by atoms with Gasteiger partial charge < -0.3 is 10.6 Å². The van der Waals surface area contributed by atoms with E-state index in [1.54, 1.807) is 0 Å². The molecule has 1 aromatic rings. The Bertz CT molecular complexity index is 543. The summed E-state index contributed by atoms with van der Waals surface area (Å²) in [4.78, 5) is 24.5. The summed E-state index contributed by atoms with van der Waals surface area (Å²) in [5, 5.41) is 5.85. The maximum Gasteiger partial charge on any atom is 0.243 e. The summed E-state index contributed by atoms with van der Waals surface area (Å²) in [5.74, 6) is 0.488. The first-order valence-corrected chi connectivity index (χ1v) is 7.72. The molecule has 0 radical (unpaired) electrons. The fraction of sp³-hybridized carbons (Fsp3) is 0.529. The Hall–Kier alpha value is -1.84. The highest BCUT2D eigenvalue weighted by molar-refractivity contribution is 5.97. The molecule has 1 saturated heterocycles. The normalized spacial score (nSPS) is 25.7. The maximum absolute atomic E-state index is 12.3. The van der Waals surface area contributed by atoms with Crippen LogP contribution in [0.3, 0.4) is 0 Å². The first kappa shape index (κ1) is 14.1. The molecule has 1 aromatic carbocycles. The molecule has 1 heterocycles. The number of benzene rings is 1. The second-order valence-corrected chi connectivity index (χ2v) is 6.61. The van der Waals surface area contributed by atoms with E-state index in [0.29, 0.717) is 12.3 Å². The monoisotopic (exact) mass is 286 g/mol. The molecule has 21 heavy (non-hydrogen) atoms. The summed E-state index contributed by atoms with van der Waals surface area (Å²) in [5.41, 5.74) is 2.60. The molecular formula is C17H22N2O2. The molecule has 0 aromatic heterocycles. The smallest absolute Gasteiger partial charge is 0.243 e. The van der Waals surface area contributed by atoms with Crippen molar-refractivity contribution in [1.82, 2.24) is 10.6 Å². The lowest BCUT2D eigenvalue weighted by atomic mass is 9.91. The van der Waals surface area contributed by atoms with Gasteiger partial charge in [-0.25, -0.2) is 0 Å². The topological polar surface area (TPSA) is 58.2 Å². The zero-order valence-electron chi connectivity index (χ0n) is 12.6. The van der Waals surface area contributed by atoms with Crippen LogP contribution in [0.15, 0.2) is 24.3 Å². The Labute approximate surface area is 125 Å². The van der Waals surface area contributed by atoms with Gasteiger partial charge >= 0.3 is 0 Å². The molecule has 0 spiro atoms. The molecule has 1 fully saturated rings. The number of nitrogens with one attached hydrogen (secondary N) is 2. The van der Waals surface area contributed by atoms with E-state index < -0.39 is 6.04 Å². The van der Waals surface area contributed by atoms with Crippen molar-refractivity contribution in [3.8, 4) is 0 Å². The molecule has 4 heteroatoms. The van der Waals surface area contributed by atoms with Gasteiger partial charge in [0, 0.05) is 0 Å². The second-order valence-electron chi connectivity index (χ2n) is 6.61. The van der Waals surface area contributed by atoms with E-state index in [4.69, 9.17) is 0 Å². The third-order valence-corrected chi connectivity index (χ3v) is 4.47. The highest BCUT2D eigenvalue weighted by Gasteiger charge is 2.40. The maximum atomic E-state index is 12.3. The SMILES string of the molecule is CC(C)CC1NC(=O)C(C2Cc3ccccc3C2)NC1=O. The summed E-state index contributed by atoms with van der Waals surface area (Å²) in [7, 11) is 0.